The Kier molecular flexibility index (Phi) is 5.31. The molecule has 0 aliphatic carbocycles. The molecule has 0 unspecified atom stereocenters. The van der Waals surface area contributed by atoms with E-state index in [-0.39, 0.29) is 17.9 Å². The zero-order chi connectivity index (χ0) is 19.7. The second-order valence-corrected chi connectivity index (χ2v) is 8.36. The topological polar surface area (TPSA) is 41.8 Å². The van der Waals surface area contributed by atoms with Crippen molar-refractivity contribution in [1.82, 2.24) is 0 Å². The number of rotatable bonds is 4. The fraction of sp³-hybridized carbons (Fsp3) is 0.417. The largest absolute Gasteiger partial charge is 0.324 e. The van der Waals surface area contributed by atoms with Crippen LogP contribution in [0.15, 0.2) is 48.5 Å². The second-order valence-electron chi connectivity index (χ2n) is 8.36. The van der Waals surface area contributed by atoms with E-state index in [0.29, 0.717) is 12.3 Å². The molecule has 2 aliphatic rings. The predicted molar refractivity (Wildman–Crippen MR) is 110 cm³/mol. The number of imide groups is 1. The van der Waals surface area contributed by atoms with Gasteiger partial charge in [0.1, 0.15) is 0 Å². The first-order valence-corrected chi connectivity index (χ1v) is 10.4. The van der Waals surface area contributed by atoms with Crippen LogP contribution in [0.1, 0.15) is 36.0 Å². The normalized spacial score (nSPS) is 25.4. The third-order valence-corrected chi connectivity index (χ3v) is 6.42. The van der Waals surface area contributed by atoms with Gasteiger partial charge in [0, 0.05) is 0 Å². The summed E-state index contributed by atoms with van der Waals surface area (Å²) in [6.07, 6.45) is 3.68. The zero-order valence-corrected chi connectivity index (χ0v) is 16.8. The number of para-hydroxylation sites is 1. The van der Waals surface area contributed by atoms with Crippen molar-refractivity contribution in [3.05, 3.63) is 65.2 Å². The van der Waals surface area contributed by atoms with Crippen LogP contribution in [0.2, 0.25) is 0 Å². The number of anilines is 1. The first-order valence-electron chi connectivity index (χ1n) is 10.4. The number of hydrogen-bond acceptors (Lipinski definition) is 2. The highest BCUT2D eigenvalue weighted by atomic mass is 16.2. The molecule has 0 radical (unpaired) electrons. The minimum absolute atomic E-state index is 0.0149. The number of piperidine rings is 1. The van der Waals surface area contributed by atoms with Crippen molar-refractivity contribution in [2.75, 3.05) is 18.0 Å². The molecule has 2 heterocycles. The van der Waals surface area contributed by atoms with E-state index in [9.17, 15) is 9.59 Å². The fourth-order valence-electron chi connectivity index (χ4n) is 4.89. The Labute approximate surface area is 167 Å². The summed E-state index contributed by atoms with van der Waals surface area (Å²) in [6, 6.07) is 16.3. The Morgan fingerprint density at radius 2 is 1.57 bits per heavy atom. The first-order chi connectivity index (χ1) is 13.5. The van der Waals surface area contributed by atoms with Gasteiger partial charge in [-0.1, -0.05) is 48.5 Å². The van der Waals surface area contributed by atoms with E-state index in [2.05, 4.69) is 30.3 Å². The molecular weight excluding hydrogens is 348 g/mol. The summed E-state index contributed by atoms with van der Waals surface area (Å²) in [5, 5.41) is 0. The van der Waals surface area contributed by atoms with E-state index in [0.717, 1.165) is 49.2 Å². The van der Waals surface area contributed by atoms with Gasteiger partial charge >= 0.3 is 0 Å². The average Bonchev–Trinajstić information content (AvgIpc) is 2.98. The van der Waals surface area contributed by atoms with E-state index in [1.54, 1.807) is 0 Å². The molecule has 0 aromatic heterocycles. The maximum absolute atomic E-state index is 13.2. The number of quaternary nitrogens is 1. The number of carbonyl (C=O) groups is 2. The van der Waals surface area contributed by atoms with Gasteiger partial charge in [-0.05, 0) is 55.7 Å². The quantitative estimate of drug-likeness (QED) is 0.832. The third-order valence-electron chi connectivity index (χ3n) is 6.42. The second kappa shape index (κ2) is 7.88. The van der Waals surface area contributed by atoms with Crippen LogP contribution >= 0.6 is 0 Å². The highest BCUT2D eigenvalue weighted by Gasteiger charge is 2.47. The number of likely N-dealkylation sites (tertiary alicyclic amines) is 1. The lowest BCUT2D eigenvalue weighted by atomic mass is 9.89. The minimum Gasteiger partial charge on any atom is -0.324 e. The summed E-state index contributed by atoms with van der Waals surface area (Å²) in [5.41, 5.74) is 4.15. The predicted octanol–water partition coefficient (Wildman–Crippen LogP) is 2.47. The van der Waals surface area contributed by atoms with Crippen molar-refractivity contribution in [3.63, 3.8) is 0 Å². The Hall–Kier alpha value is -2.46. The maximum atomic E-state index is 13.2. The van der Waals surface area contributed by atoms with Crippen molar-refractivity contribution >= 4 is 17.5 Å². The molecule has 2 saturated heterocycles. The van der Waals surface area contributed by atoms with Crippen LogP contribution in [0.4, 0.5) is 5.69 Å². The molecule has 0 spiro atoms. The first kappa shape index (κ1) is 18.9. The number of amides is 2. The van der Waals surface area contributed by atoms with Gasteiger partial charge in [0.25, 0.3) is 5.91 Å². The highest BCUT2D eigenvalue weighted by Crippen LogP contribution is 2.29. The van der Waals surface area contributed by atoms with Crippen LogP contribution in [0.5, 0.6) is 0 Å². The molecule has 2 aliphatic heterocycles. The minimum atomic E-state index is -0.218. The van der Waals surface area contributed by atoms with Crippen LogP contribution < -0.4 is 9.80 Å². The molecule has 1 atom stereocenters. The van der Waals surface area contributed by atoms with Crippen LogP contribution in [-0.4, -0.2) is 30.9 Å². The average molecular weight is 378 g/mol. The monoisotopic (exact) mass is 377 g/mol. The third kappa shape index (κ3) is 3.61. The standard InChI is InChI=1S/C24H28N2O2/c1-17-7-6-8-18(2)23(17)26-22(27)16-21(24(26)28)25-13-11-20(12-14-25)15-19-9-4-3-5-10-19/h3-10,20-21H,11-16H2,1-2H3/p+1/t21-/m0/s1. The van der Waals surface area contributed by atoms with E-state index in [4.69, 9.17) is 0 Å². The van der Waals surface area contributed by atoms with E-state index < -0.39 is 0 Å². The lowest BCUT2D eigenvalue weighted by Crippen LogP contribution is -3.17. The molecule has 2 aromatic rings. The van der Waals surface area contributed by atoms with Crippen molar-refractivity contribution in [3.8, 4) is 0 Å². The number of benzene rings is 2. The van der Waals surface area contributed by atoms with Crippen LogP contribution in [0.25, 0.3) is 0 Å². The molecule has 1 N–H and O–H groups in total. The van der Waals surface area contributed by atoms with E-state index >= 15 is 0 Å². The number of carbonyl (C=O) groups excluding carboxylic acids is 2. The SMILES string of the molecule is Cc1cccc(C)c1N1C(=O)C[C@H]([NH+]2CCC(Cc3ccccc3)CC2)C1=O. The van der Waals surface area contributed by atoms with Crippen molar-refractivity contribution in [2.24, 2.45) is 5.92 Å². The summed E-state index contributed by atoms with van der Waals surface area (Å²) >= 11 is 0. The summed E-state index contributed by atoms with van der Waals surface area (Å²) in [7, 11) is 0. The van der Waals surface area contributed by atoms with Gasteiger partial charge in [-0.3, -0.25) is 9.59 Å². The van der Waals surface area contributed by atoms with Gasteiger partial charge in [0.05, 0.1) is 25.2 Å². The Morgan fingerprint density at radius 3 is 2.21 bits per heavy atom. The highest BCUT2D eigenvalue weighted by molar-refractivity contribution is 6.22. The molecule has 2 aromatic carbocycles. The molecule has 2 fully saturated rings. The fourth-order valence-corrected chi connectivity index (χ4v) is 4.89. The van der Waals surface area contributed by atoms with Gasteiger partial charge < -0.3 is 4.90 Å². The Bertz CT molecular complexity index is 849. The number of nitrogens with one attached hydrogen (secondary N) is 1. The zero-order valence-electron chi connectivity index (χ0n) is 16.8. The van der Waals surface area contributed by atoms with Crippen molar-refractivity contribution in [2.45, 2.75) is 45.6 Å². The van der Waals surface area contributed by atoms with E-state index in [1.807, 2.05) is 32.0 Å². The van der Waals surface area contributed by atoms with E-state index in [1.165, 1.54) is 15.4 Å². The molecule has 2 amide bonds. The molecule has 146 valence electrons. The Balaban J connectivity index is 1.42. The summed E-state index contributed by atoms with van der Waals surface area (Å²) in [6.45, 7) is 5.89. The van der Waals surface area contributed by atoms with Gasteiger partial charge in [-0.25, -0.2) is 4.90 Å². The van der Waals surface area contributed by atoms with Gasteiger partial charge in [-0.2, -0.15) is 0 Å². The summed E-state index contributed by atoms with van der Waals surface area (Å²) in [5.74, 6) is 0.610. The summed E-state index contributed by atoms with van der Waals surface area (Å²) in [4.78, 5) is 28.7. The summed E-state index contributed by atoms with van der Waals surface area (Å²) < 4.78 is 0. The lowest BCUT2D eigenvalue weighted by molar-refractivity contribution is -0.920. The van der Waals surface area contributed by atoms with Crippen LogP contribution in [0.3, 0.4) is 0 Å². The molecule has 4 nitrogen and oxygen atoms in total. The Morgan fingerprint density at radius 1 is 0.929 bits per heavy atom. The smallest absolute Gasteiger partial charge is 0.292 e. The lowest BCUT2D eigenvalue weighted by Gasteiger charge is -2.32. The molecule has 0 bridgehead atoms. The molecule has 4 heteroatoms. The van der Waals surface area contributed by atoms with Crippen LogP contribution in [0, 0.1) is 19.8 Å². The molecule has 28 heavy (non-hydrogen) atoms. The molecule has 0 saturated carbocycles. The van der Waals surface area contributed by atoms with Crippen molar-refractivity contribution in [1.29, 1.82) is 0 Å². The number of nitrogens with zero attached hydrogens (tertiary/aromatic N) is 1. The maximum Gasteiger partial charge on any atom is 0.292 e. The van der Waals surface area contributed by atoms with Crippen LogP contribution in [-0.2, 0) is 16.0 Å². The van der Waals surface area contributed by atoms with Gasteiger partial charge in [0.2, 0.25) is 5.91 Å². The van der Waals surface area contributed by atoms with Gasteiger partial charge in [0.15, 0.2) is 6.04 Å². The number of aryl methyl sites for hydroxylation is 2. The molecule has 4 rings (SSSR count). The number of hydrogen-bond donors (Lipinski definition) is 1. The molecular formula is C24H29N2O2+. The van der Waals surface area contributed by atoms with Gasteiger partial charge in [-0.15, -0.1) is 0 Å². The van der Waals surface area contributed by atoms with Crippen molar-refractivity contribution < 1.29 is 14.5 Å².